The fourth-order valence-electron chi connectivity index (χ4n) is 3.92. The lowest BCUT2D eigenvalue weighted by atomic mass is 10.2. The average molecular weight is 430 g/mol. The quantitative estimate of drug-likeness (QED) is 0.756. The van der Waals surface area contributed by atoms with Crippen LogP contribution in [0.5, 0.6) is 0 Å². The molecule has 1 atom stereocenters. The molecule has 1 N–H and O–H groups in total. The van der Waals surface area contributed by atoms with Gasteiger partial charge in [-0.25, -0.2) is 8.42 Å². The summed E-state index contributed by atoms with van der Waals surface area (Å²) in [7, 11) is -3.55. The van der Waals surface area contributed by atoms with Gasteiger partial charge in [0.2, 0.25) is 10.0 Å². The lowest BCUT2D eigenvalue weighted by Crippen LogP contribution is -2.40. The first-order valence-corrected chi connectivity index (χ1v) is 11.7. The Bertz CT molecular complexity index is 958. The average Bonchev–Trinajstić information content (AvgIpc) is 3.21. The van der Waals surface area contributed by atoms with Crippen LogP contribution in [0.2, 0.25) is 0 Å². The van der Waals surface area contributed by atoms with E-state index in [2.05, 4.69) is 22.3 Å². The molecule has 30 heavy (non-hydrogen) atoms. The largest absolute Gasteiger partial charge is 0.379 e. The predicted molar refractivity (Wildman–Crippen MR) is 114 cm³/mol. The number of hydrogen-bond acceptors (Lipinski definition) is 5. The van der Waals surface area contributed by atoms with Crippen LogP contribution in [0.4, 0.5) is 0 Å². The van der Waals surface area contributed by atoms with Crippen LogP contribution in [-0.2, 0) is 21.3 Å². The van der Waals surface area contributed by atoms with Crippen molar-refractivity contribution in [3.63, 3.8) is 0 Å². The fourth-order valence-corrected chi connectivity index (χ4v) is 5.33. The van der Waals surface area contributed by atoms with Crippen molar-refractivity contribution in [2.24, 2.45) is 0 Å². The maximum atomic E-state index is 12.7. The molecule has 1 amide bonds. The van der Waals surface area contributed by atoms with Crippen molar-refractivity contribution in [2.75, 3.05) is 39.4 Å². The molecule has 2 fully saturated rings. The summed E-state index contributed by atoms with van der Waals surface area (Å²) in [4.78, 5) is 15.2. The number of carbonyl (C=O) groups excluding carboxylic acids is 1. The van der Waals surface area contributed by atoms with E-state index in [4.69, 9.17) is 4.74 Å². The number of rotatable bonds is 6. The normalized spacial score (nSPS) is 20.9. The Hall–Kier alpha value is -2.26. The van der Waals surface area contributed by atoms with Crippen LogP contribution in [0.1, 0.15) is 22.3 Å². The minimum Gasteiger partial charge on any atom is -0.379 e. The second kappa shape index (κ2) is 9.26. The Morgan fingerprint density at radius 2 is 1.70 bits per heavy atom. The first kappa shape index (κ1) is 21.0. The van der Waals surface area contributed by atoms with Gasteiger partial charge in [-0.3, -0.25) is 9.69 Å². The Kier molecular flexibility index (Phi) is 6.48. The number of hydrogen-bond donors (Lipinski definition) is 1. The second-order valence-corrected chi connectivity index (χ2v) is 9.66. The lowest BCUT2D eigenvalue weighted by molar-refractivity contribution is 0.0730. The van der Waals surface area contributed by atoms with Crippen molar-refractivity contribution in [3.8, 4) is 0 Å². The van der Waals surface area contributed by atoms with Gasteiger partial charge in [-0.2, -0.15) is 4.31 Å². The van der Waals surface area contributed by atoms with E-state index in [1.54, 1.807) is 12.1 Å². The summed E-state index contributed by atoms with van der Waals surface area (Å²) >= 11 is 0. The van der Waals surface area contributed by atoms with Gasteiger partial charge in [-0.1, -0.05) is 30.3 Å². The number of benzene rings is 2. The first-order valence-electron chi connectivity index (χ1n) is 10.3. The number of amides is 1. The van der Waals surface area contributed by atoms with E-state index in [0.29, 0.717) is 31.9 Å². The van der Waals surface area contributed by atoms with Crippen LogP contribution >= 0.6 is 0 Å². The number of carbonyl (C=O) groups is 1. The molecule has 0 spiro atoms. The summed E-state index contributed by atoms with van der Waals surface area (Å²) < 4.78 is 32.0. The molecule has 4 rings (SSSR count). The maximum absolute atomic E-state index is 12.7. The van der Waals surface area contributed by atoms with Gasteiger partial charge in [0.05, 0.1) is 18.1 Å². The van der Waals surface area contributed by atoms with E-state index < -0.39 is 10.0 Å². The molecule has 0 aromatic heterocycles. The lowest BCUT2D eigenvalue weighted by Gasteiger charge is -2.26. The van der Waals surface area contributed by atoms with Crippen LogP contribution in [-0.4, -0.2) is 69.0 Å². The third-order valence-corrected chi connectivity index (χ3v) is 7.49. The maximum Gasteiger partial charge on any atom is 0.251 e. The van der Waals surface area contributed by atoms with Crippen molar-refractivity contribution >= 4 is 15.9 Å². The molecule has 2 aliphatic heterocycles. The molecule has 2 aromatic rings. The molecule has 0 radical (unpaired) electrons. The SMILES string of the molecule is O=C(N[C@H]1CCN(Cc2ccccc2)C1)c1ccc(S(=O)(=O)N2CCOCC2)cc1. The summed E-state index contributed by atoms with van der Waals surface area (Å²) in [5.41, 5.74) is 1.74. The van der Waals surface area contributed by atoms with Gasteiger partial charge in [-0.05, 0) is 36.2 Å². The second-order valence-electron chi connectivity index (χ2n) is 7.72. The third-order valence-electron chi connectivity index (χ3n) is 5.58. The highest BCUT2D eigenvalue weighted by Gasteiger charge is 2.27. The van der Waals surface area contributed by atoms with E-state index in [-0.39, 0.29) is 16.8 Å². The standard InChI is InChI=1S/C22H27N3O4S/c26-22(23-20-10-11-24(17-20)16-18-4-2-1-3-5-18)19-6-8-21(9-7-19)30(27,28)25-12-14-29-15-13-25/h1-9,20H,10-17H2,(H,23,26)/t20-/m0/s1. The smallest absolute Gasteiger partial charge is 0.251 e. The fraction of sp³-hybridized carbons (Fsp3) is 0.409. The molecule has 8 heteroatoms. The number of ether oxygens (including phenoxy) is 1. The van der Waals surface area contributed by atoms with E-state index in [9.17, 15) is 13.2 Å². The highest BCUT2D eigenvalue weighted by Crippen LogP contribution is 2.18. The molecular formula is C22H27N3O4S. The van der Waals surface area contributed by atoms with Crippen LogP contribution in [0.3, 0.4) is 0 Å². The van der Waals surface area contributed by atoms with Gasteiger partial charge >= 0.3 is 0 Å². The van der Waals surface area contributed by atoms with E-state index in [0.717, 1.165) is 26.1 Å². The Labute approximate surface area is 177 Å². The van der Waals surface area contributed by atoms with Gasteiger partial charge in [0, 0.05) is 44.3 Å². The first-order chi connectivity index (χ1) is 14.5. The van der Waals surface area contributed by atoms with Crippen LogP contribution in [0.25, 0.3) is 0 Å². The molecule has 2 saturated heterocycles. The Balaban J connectivity index is 1.33. The minimum atomic E-state index is -3.55. The van der Waals surface area contributed by atoms with Gasteiger partial charge in [0.25, 0.3) is 5.91 Å². The van der Waals surface area contributed by atoms with Crippen molar-refractivity contribution in [1.82, 2.24) is 14.5 Å². The minimum absolute atomic E-state index is 0.0953. The summed E-state index contributed by atoms with van der Waals surface area (Å²) in [6.45, 7) is 4.14. The van der Waals surface area contributed by atoms with E-state index >= 15 is 0 Å². The molecule has 7 nitrogen and oxygen atoms in total. The molecule has 0 unspecified atom stereocenters. The zero-order valence-electron chi connectivity index (χ0n) is 16.9. The van der Waals surface area contributed by atoms with E-state index in [1.807, 2.05) is 18.2 Å². The monoisotopic (exact) mass is 429 g/mol. The van der Waals surface area contributed by atoms with Crippen LogP contribution in [0.15, 0.2) is 59.5 Å². The molecule has 2 aliphatic rings. The topological polar surface area (TPSA) is 79.0 Å². The number of likely N-dealkylation sites (tertiary alicyclic amines) is 1. The summed E-state index contributed by atoms with van der Waals surface area (Å²) in [5, 5.41) is 3.08. The Morgan fingerprint density at radius 3 is 2.40 bits per heavy atom. The van der Waals surface area contributed by atoms with E-state index in [1.165, 1.54) is 22.0 Å². The highest BCUT2D eigenvalue weighted by molar-refractivity contribution is 7.89. The van der Waals surface area contributed by atoms with Gasteiger partial charge < -0.3 is 10.1 Å². The highest BCUT2D eigenvalue weighted by atomic mass is 32.2. The zero-order chi connectivity index (χ0) is 21.0. The zero-order valence-corrected chi connectivity index (χ0v) is 17.7. The molecular weight excluding hydrogens is 402 g/mol. The predicted octanol–water partition coefficient (Wildman–Crippen LogP) is 1.71. The molecule has 0 bridgehead atoms. The van der Waals surface area contributed by atoms with Crippen LogP contribution < -0.4 is 5.32 Å². The van der Waals surface area contributed by atoms with Crippen LogP contribution in [0, 0.1) is 0 Å². The van der Waals surface area contributed by atoms with Gasteiger partial charge in [0.1, 0.15) is 0 Å². The number of sulfonamides is 1. The summed E-state index contributed by atoms with van der Waals surface area (Å²) in [6.07, 6.45) is 0.905. The molecule has 0 saturated carbocycles. The molecule has 2 heterocycles. The summed E-state index contributed by atoms with van der Waals surface area (Å²) in [5.74, 6) is -0.170. The van der Waals surface area contributed by atoms with Crippen molar-refractivity contribution in [1.29, 1.82) is 0 Å². The van der Waals surface area contributed by atoms with Crippen molar-refractivity contribution in [3.05, 3.63) is 65.7 Å². The third kappa shape index (κ3) is 4.89. The van der Waals surface area contributed by atoms with Gasteiger partial charge in [0.15, 0.2) is 0 Å². The molecule has 0 aliphatic carbocycles. The number of nitrogens with one attached hydrogen (secondary N) is 1. The molecule has 160 valence electrons. The molecule has 2 aromatic carbocycles. The summed E-state index contributed by atoms with van der Waals surface area (Å²) in [6, 6.07) is 16.6. The van der Waals surface area contributed by atoms with Gasteiger partial charge in [-0.15, -0.1) is 0 Å². The number of nitrogens with zero attached hydrogens (tertiary/aromatic N) is 2. The number of morpholine rings is 1. The van der Waals surface area contributed by atoms with Crippen molar-refractivity contribution < 1.29 is 17.9 Å². The van der Waals surface area contributed by atoms with Crippen molar-refractivity contribution in [2.45, 2.75) is 23.9 Å². The Morgan fingerprint density at radius 1 is 1.00 bits per heavy atom.